The Kier molecular flexibility index (Phi) is 5.11. The molecule has 1 aliphatic rings. The Morgan fingerprint density at radius 1 is 1.16 bits per heavy atom. The van der Waals surface area contributed by atoms with Crippen LogP contribution in [0.15, 0.2) is 47.3 Å². The van der Waals surface area contributed by atoms with Crippen LogP contribution in [0.2, 0.25) is 5.02 Å². The summed E-state index contributed by atoms with van der Waals surface area (Å²) < 4.78 is 13.7. The van der Waals surface area contributed by atoms with Gasteiger partial charge in [-0.2, -0.15) is 9.78 Å². The van der Waals surface area contributed by atoms with Crippen molar-refractivity contribution in [3.8, 4) is 11.4 Å². The molecule has 3 heterocycles. The van der Waals surface area contributed by atoms with E-state index in [0.717, 1.165) is 10.9 Å². The maximum atomic E-state index is 13.6. The van der Waals surface area contributed by atoms with E-state index in [2.05, 4.69) is 5.10 Å². The van der Waals surface area contributed by atoms with Crippen molar-refractivity contribution in [2.45, 2.75) is 0 Å². The number of nitrogens with zero attached hydrogens (tertiary/aromatic N) is 4. The molecule has 1 amide bonds. The molecule has 32 heavy (non-hydrogen) atoms. The van der Waals surface area contributed by atoms with Gasteiger partial charge in [-0.25, -0.2) is 0 Å². The Hall–Kier alpha value is -3.36. The van der Waals surface area contributed by atoms with E-state index in [-0.39, 0.29) is 17.2 Å². The van der Waals surface area contributed by atoms with Crippen LogP contribution in [0.5, 0.6) is 5.75 Å². The number of ether oxygens (including phenoxy) is 2. The number of halogens is 1. The van der Waals surface area contributed by atoms with E-state index in [1.54, 1.807) is 23.1 Å². The zero-order valence-corrected chi connectivity index (χ0v) is 18.4. The fourth-order valence-corrected chi connectivity index (χ4v) is 4.46. The molecule has 1 aliphatic heterocycles. The van der Waals surface area contributed by atoms with Crippen LogP contribution in [0.25, 0.3) is 27.5 Å². The van der Waals surface area contributed by atoms with Crippen LogP contribution < -0.4 is 10.3 Å². The maximum absolute atomic E-state index is 13.6. The van der Waals surface area contributed by atoms with Crippen LogP contribution in [0.4, 0.5) is 0 Å². The van der Waals surface area contributed by atoms with Crippen molar-refractivity contribution in [2.24, 2.45) is 7.05 Å². The normalized spacial score (nSPS) is 14.3. The fourth-order valence-electron chi connectivity index (χ4n) is 4.21. The van der Waals surface area contributed by atoms with Crippen molar-refractivity contribution >= 4 is 39.3 Å². The first-order valence-corrected chi connectivity index (χ1v) is 10.6. The average molecular weight is 453 g/mol. The Labute approximate surface area is 188 Å². The number of hydrogen-bond acceptors (Lipinski definition) is 5. The van der Waals surface area contributed by atoms with Gasteiger partial charge in [0.2, 0.25) is 0 Å². The predicted molar refractivity (Wildman–Crippen MR) is 122 cm³/mol. The van der Waals surface area contributed by atoms with Crippen molar-refractivity contribution in [2.75, 3.05) is 33.4 Å². The van der Waals surface area contributed by atoms with Gasteiger partial charge in [0.25, 0.3) is 11.5 Å². The molecule has 0 bridgehead atoms. The van der Waals surface area contributed by atoms with Gasteiger partial charge in [-0.15, -0.1) is 0 Å². The van der Waals surface area contributed by atoms with Gasteiger partial charge in [-0.3, -0.25) is 9.59 Å². The molecule has 0 aliphatic carbocycles. The number of carbonyl (C=O) groups is 1. The number of aryl methyl sites for hydroxylation is 1. The molecule has 164 valence electrons. The molecule has 1 saturated heterocycles. The van der Waals surface area contributed by atoms with Crippen LogP contribution >= 0.6 is 11.6 Å². The number of hydrogen-bond donors (Lipinski definition) is 0. The molecule has 5 rings (SSSR count). The monoisotopic (exact) mass is 452 g/mol. The maximum Gasteiger partial charge on any atom is 0.296 e. The van der Waals surface area contributed by atoms with E-state index < -0.39 is 0 Å². The Morgan fingerprint density at radius 2 is 1.91 bits per heavy atom. The molecule has 4 aromatic rings. The van der Waals surface area contributed by atoms with E-state index in [0.29, 0.717) is 53.7 Å². The van der Waals surface area contributed by atoms with Gasteiger partial charge in [-0.05, 0) is 24.3 Å². The van der Waals surface area contributed by atoms with Crippen molar-refractivity contribution < 1.29 is 14.3 Å². The third-order valence-corrected chi connectivity index (χ3v) is 6.11. The first-order chi connectivity index (χ1) is 15.5. The molecule has 0 unspecified atom stereocenters. The van der Waals surface area contributed by atoms with Gasteiger partial charge in [0, 0.05) is 36.4 Å². The van der Waals surface area contributed by atoms with Gasteiger partial charge >= 0.3 is 0 Å². The number of carbonyl (C=O) groups excluding carboxylic acids is 1. The van der Waals surface area contributed by atoms with Gasteiger partial charge < -0.3 is 18.9 Å². The summed E-state index contributed by atoms with van der Waals surface area (Å²) in [6.45, 7) is 1.89. The minimum Gasteiger partial charge on any atom is -0.495 e. The standard InChI is InChI=1S/C23H21ClN4O4/c1-26-17-6-4-3-5-15(17)19-20(22(29)27-9-11-32-12-10-27)25-28(23(30)21(19)26)14-7-8-18(31-2)16(24)13-14/h3-8,13H,9-12H2,1-2H3. The van der Waals surface area contributed by atoms with Crippen molar-refractivity contribution in [3.05, 3.63) is 63.5 Å². The lowest BCUT2D eigenvalue weighted by atomic mass is 10.1. The molecule has 0 spiro atoms. The smallest absolute Gasteiger partial charge is 0.296 e. The molecule has 0 N–H and O–H groups in total. The molecule has 1 fully saturated rings. The van der Waals surface area contributed by atoms with Crippen LogP contribution in [0.3, 0.4) is 0 Å². The van der Waals surface area contributed by atoms with Crippen LogP contribution in [0, 0.1) is 0 Å². The summed E-state index contributed by atoms with van der Waals surface area (Å²) in [7, 11) is 3.34. The fraction of sp³-hybridized carbons (Fsp3) is 0.261. The summed E-state index contributed by atoms with van der Waals surface area (Å²) in [6.07, 6.45) is 0. The minimum absolute atomic E-state index is 0.227. The van der Waals surface area contributed by atoms with Gasteiger partial charge in [0.1, 0.15) is 11.3 Å². The minimum atomic E-state index is -0.335. The molecule has 8 nitrogen and oxygen atoms in total. The van der Waals surface area contributed by atoms with Gasteiger partial charge in [-0.1, -0.05) is 29.8 Å². The summed E-state index contributed by atoms with van der Waals surface area (Å²) in [5.74, 6) is 0.252. The molecule has 2 aromatic heterocycles. The Balaban J connectivity index is 1.83. The summed E-state index contributed by atoms with van der Waals surface area (Å²) >= 11 is 6.31. The zero-order valence-electron chi connectivity index (χ0n) is 17.7. The summed E-state index contributed by atoms with van der Waals surface area (Å²) in [6, 6.07) is 12.6. The molecule has 9 heteroatoms. The largest absolute Gasteiger partial charge is 0.495 e. The van der Waals surface area contributed by atoms with E-state index in [4.69, 9.17) is 21.1 Å². The summed E-state index contributed by atoms with van der Waals surface area (Å²) in [5.41, 5.74) is 1.60. The van der Waals surface area contributed by atoms with Crippen LogP contribution in [-0.4, -0.2) is 58.6 Å². The number of amides is 1. The molecule has 0 saturated carbocycles. The zero-order chi connectivity index (χ0) is 22.4. The number of fused-ring (bicyclic) bond motifs is 3. The van der Waals surface area contributed by atoms with Crippen molar-refractivity contribution in [1.29, 1.82) is 0 Å². The highest BCUT2D eigenvalue weighted by Crippen LogP contribution is 2.30. The Bertz CT molecular complexity index is 1420. The van der Waals surface area contributed by atoms with Gasteiger partial charge in [0.05, 0.1) is 31.0 Å². The number of morpholine rings is 1. The lowest BCUT2D eigenvalue weighted by Gasteiger charge is -2.26. The molecule has 0 radical (unpaired) electrons. The lowest BCUT2D eigenvalue weighted by Crippen LogP contribution is -2.42. The highest BCUT2D eigenvalue weighted by atomic mass is 35.5. The number of aromatic nitrogens is 3. The third-order valence-electron chi connectivity index (χ3n) is 5.82. The van der Waals surface area contributed by atoms with E-state index in [9.17, 15) is 9.59 Å². The molecule has 0 atom stereocenters. The quantitative estimate of drug-likeness (QED) is 0.477. The van der Waals surface area contributed by atoms with Gasteiger partial charge in [0.15, 0.2) is 5.69 Å². The summed E-state index contributed by atoms with van der Waals surface area (Å²) in [5, 5.41) is 6.28. The molecular formula is C23H21ClN4O4. The number of para-hydroxylation sites is 1. The molecule has 2 aromatic carbocycles. The third kappa shape index (κ3) is 3.14. The Morgan fingerprint density at radius 3 is 2.62 bits per heavy atom. The van der Waals surface area contributed by atoms with Crippen molar-refractivity contribution in [3.63, 3.8) is 0 Å². The molecular weight excluding hydrogens is 432 g/mol. The average Bonchev–Trinajstić information content (AvgIpc) is 3.13. The SMILES string of the molecule is COc1ccc(-n2nc(C(=O)N3CCOCC3)c3c4ccccc4n(C)c3c2=O)cc1Cl. The first-order valence-electron chi connectivity index (χ1n) is 10.2. The lowest BCUT2D eigenvalue weighted by molar-refractivity contribution is 0.0299. The number of methoxy groups -OCH3 is 1. The topological polar surface area (TPSA) is 78.6 Å². The van der Waals surface area contributed by atoms with E-state index >= 15 is 0 Å². The summed E-state index contributed by atoms with van der Waals surface area (Å²) in [4.78, 5) is 28.9. The van der Waals surface area contributed by atoms with E-state index in [1.807, 2.05) is 35.9 Å². The highest BCUT2D eigenvalue weighted by molar-refractivity contribution is 6.32. The highest BCUT2D eigenvalue weighted by Gasteiger charge is 2.27. The van der Waals surface area contributed by atoms with Crippen molar-refractivity contribution in [1.82, 2.24) is 19.2 Å². The van der Waals surface area contributed by atoms with Crippen LogP contribution in [-0.2, 0) is 11.8 Å². The first kappa shape index (κ1) is 20.5. The predicted octanol–water partition coefficient (Wildman–Crippen LogP) is 3.01. The number of benzene rings is 2. The second-order valence-electron chi connectivity index (χ2n) is 7.59. The van der Waals surface area contributed by atoms with E-state index in [1.165, 1.54) is 11.8 Å². The second kappa shape index (κ2) is 7.96. The second-order valence-corrected chi connectivity index (χ2v) is 8.00. The van der Waals surface area contributed by atoms with Crippen LogP contribution in [0.1, 0.15) is 10.5 Å². The number of rotatable bonds is 3.